The monoisotopic (exact) mass is 653 g/mol. The van der Waals surface area contributed by atoms with E-state index < -0.39 is 11.5 Å². The van der Waals surface area contributed by atoms with Crippen LogP contribution in [0, 0.1) is 6.92 Å². The van der Waals surface area contributed by atoms with E-state index in [2.05, 4.69) is 4.98 Å². The average molecular weight is 655 g/mol. The number of hydrogen-bond donors (Lipinski definition) is 1. The summed E-state index contributed by atoms with van der Waals surface area (Å²) in [5.74, 6) is 1.07. The van der Waals surface area contributed by atoms with Gasteiger partial charge in [0.05, 0.1) is 33.8 Å². The summed E-state index contributed by atoms with van der Waals surface area (Å²) in [6.45, 7) is 2.08. The van der Waals surface area contributed by atoms with Crippen molar-refractivity contribution in [3.05, 3.63) is 100 Å². The third-order valence-electron chi connectivity index (χ3n) is 7.18. The van der Waals surface area contributed by atoms with Gasteiger partial charge in [0.2, 0.25) is 0 Å². The van der Waals surface area contributed by atoms with E-state index in [-0.39, 0.29) is 42.5 Å². The van der Waals surface area contributed by atoms with Crippen molar-refractivity contribution in [2.45, 2.75) is 13.5 Å². The van der Waals surface area contributed by atoms with Gasteiger partial charge in [-0.2, -0.15) is 0 Å². The highest BCUT2D eigenvalue weighted by Crippen LogP contribution is 2.42. The van der Waals surface area contributed by atoms with E-state index >= 15 is 0 Å². The number of hydrogen-bond acceptors (Lipinski definition) is 9. The van der Waals surface area contributed by atoms with Crippen LogP contribution < -0.4 is 30.2 Å². The number of rotatable bonds is 9. The summed E-state index contributed by atoms with van der Waals surface area (Å²) in [6.07, 6.45) is 3.35. The number of methoxy groups -OCH3 is 4. The molecule has 2 heterocycles. The first-order chi connectivity index (χ1) is 20.8. The van der Waals surface area contributed by atoms with E-state index in [0.717, 1.165) is 11.1 Å². The Hall–Kier alpha value is -4.93. The number of nitrogens with zero attached hydrogens (tertiary/aromatic N) is 2. The molecule has 3 aromatic carbocycles. The van der Waals surface area contributed by atoms with E-state index in [1.807, 2.05) is 19.1 Å². The smallest absolute Gasteiger partial charge is 0.355 e. The molecule has 0 atom stereocenters. The summed E-state index contributed by atoms with van der Waals surface area (Å²) in [7, 11) is 5.88. The second-order valence-corrected chi connectivity index (χ2v) is 9.65. The van der Waals surface area contributed by atoms with Crippen molar-refractivity contribution in [3.63, 3.8) is 0 Å². The van der Waals surface area contributed by atoms with Gasteiger partial charge in [-0.3, -0.25) is 14.3 Å². The number of esters is 1. The molecule has 0 spiro atoms. The van der Waals surface area contributed by atoms with Crippen LogP contribution in [-0.2, 0) is 11.3 Å². The molecule has 5 aromatic rings. The van der Waals surface area contributed by atoms with E-state index in [1.54, 1.807) is 75.1 Å². The molecule has 45 heavy (non-hydrogen) atoms. The van der Waals surface area contributed by atoms with Crippen molar-refractivity contribution in [1.29, 1.82) is 0 Å². The summed E-state index contributed by atoms with van der Waals surface area (Å²) >= 11 is 0. The van der Waals surface area contributed by atoms with Crippen molar-refractivity contribution >= 4 is 47.2 Å². The number of carbonyl (C=O) groups excluding carboxylic acids is 1. The lowest BCUT2D eigenvalue weighted by Crippen LogP contribution is -2.27. The summed E-state index contributed by atoms with van der Waals surface area (Å²) in [5, 5.41) is 0.724. The first-order valence-corrected chi connectivity index (χ1v) is 13.3. The van der Waals surface area contributed by atoms with Crippen LogP contribution in [0.25, 0.3) is 27.6 Å². The third kappa shape index (κ3) is 6.62. The first-order valence-electron chi connectivity index (χ1n) is 13.3. The number of aromatic nitrogens is 2. The van der Waals surface area contributed by atoms with Crippen LogP contribution in [0.5, 0.6) is 23.0 Å². The zero-order valence-electron chi connectivity index (χ0n) is 25.3. The molecule has 2 N–H and O–H groups in total. The number of anilines is 1. The van der Waals surface area contributed by atoms with Crippen molar-refractivity contribution in [3.8, 4) is 39.8 Å². The molecule has 2 aromatic heterocycles. The molecule has 0 bridgehead atoms. The van der Waals surface area contributed by atoms with Crippen molar-refractivity contribution in [2.75, 3.05) is 34.2 Å². The zero-order valence-corrected chi connectivity index (χ0v) is 26.9. The lowest BCUT2D eigenvalue weighted by molar-refractivity contribution is 0.0591. The highest BCUT2D eigenvalue weighted by atomic mass is 35.5. The topological polar surface area (TPSA) is 124 Å². The standard InChI is InChI=1S/C33H31N3O7.2ClH/c1-19-26(39-2)14-21(15-27(19)40-3)30-24-16-28(41-4)29(43-18-20-10-12-35-13-11-20)17-25(24)32(37)36(31(30)33(38)42-5)23-8-6-22(34)7-9-23;;/h6-17H,18,34H2,1-5H3;2*1H. The van der Waals surface area contributed by atoms with Gasteiger partial charge < -0.3 is 29.4 Å². The normalized spacial score (nSPS) is 10.3. The second kappa shape index (κ2) is 14.7. The predicted octanol–water partition coefficient (Wildman–Crippen LogP) is 6.18. The Labute approximate surface area is 272 Å². The third-order valence-corrected chi connectivity index (χ3v) is 7.18. The Morgan fingerprint density at radius 3 is 1.93 bits per heavy atom. The van der Waals surface area contributed by atoms with Gasteiger partial charge in [0, 0.05) is 40.3 Å². The Morgan fingerprint density at radius 1 is 0.800 bits per heavy atom. The summed E-state index contributed by atoms with van der Waals surface area (Å²) in [4.78, 5) is 32.0. The lowest BCUT2D eigenvalue weighted by atomic mass is 9.94. The van der Waals surface area contributed by atoms with Gasteiger partial charge in [0.15, 0.2) is 11.5 Å². The Balaban J connectivity index is 0.00000276. The molecule has 0 saturated carbocycles. The highest BCUT2D eigenvalue weighted by Gasteiger charge is 2.28. The number of nitrogens with two attached hydrogens (primary N) is 1. The van der Waals surface area contributed by atoms with Gasteiger partial charge in [0.25, 0.3) is 5.56 Å². The van der Waals surface area contributed by atoms with Crippen LogP contribution in [-0.4, -0.2) is 44.0 Å². The predicted molar refractivity (Wildman–Crippen MR) is 178 cm³/mol. The summed E-state index contributed by atoms with van der Waals surface area (Å²) in [6, 6.07) is 17.2. The maximum atomic E-state index is 14.3. The molecular weight excluding hydrogens is 621 g/mol. The zero-order chi connectivity index (χ0) is 30.7. The van der Waals surface area contributed by atoms with E-state index in [9.17, 15) is 9.59 Å². The number of halogens is 2. The molecular formula is C33H33Cl2N3O7. The molecule has 236 valence electrons. The first kappa shape index (κ1) is 34.6. The van der Waals surface area contributed by atoms with Crippen LogP contribution in [0.3, 0.4) is 0 Å². The minimum absolute atomic E-state index is 0. The molecule has 5 rings (SSSR count). The minimum atomic E-state index is -0.721. The van der Waals surface area contributed by atoms with Gasteiger partial charge in [-0.1, -0.05) is 0 Å². The van der Waals surface area contributed by atoms with Gasteiger partial charge in [0.1, 0.15) is 23.8 Å². The van der Waals surface area contributed by atoms with Crippen molar-refractivity contribution < 1.29 is 28.5 Å². The highest BCUT2D eigenvalue weighted by molar-refractivity contribution is 6.08. The van der Waals surface area contributed by atoms with E-state index in [4.69, 9.17) is 29.4 Å². The number of pyridine rings is 2. The number of ether oxygens (including phenoxy) is 5. The summed E-state index contributed by atoms with van der Waals surface area (Å²) < 4.78 is 29.7. The van der Waals surface area contributed by atoms with Crippen molar-refractivity contribution in [2.24, 2.45) is 0 Å². The van der Waals surface area contributed by atoms with Gasteiger partial charge in [-0.05, 0) is 78.7 Å². The molecule has 0 aliphatic heterocycles. The van der Waals surface area contributed by atoms with Crippen LogP contribution >= 0.6 is 24.8 Å². The molecule has 0 fully saturated rings. The van der Waals surface area contributed by atoms with E-state index in [0.29, 0.717) is 50.9 Å². The van der Waals surface area contributed by atoms with Crippen molar-refractivity contribution in [1.82, 2.24) is 9.55 Å². The number of fused-ring (bicyclic) bond motifs is 1. The largest absolute Gasteiger partial charge is 0.496 e. The maximum absolute atomic E-state index is 14.3. The molecule has 0 aliphatic rings. The van der Waals surface area contributed by atoms with E-state index in [1.165, 1.54) is 18.8 Å². The summed E-state index contributed by atoms with van der Waals surface area (Å²) in [5.41, 5.74) is 9.04. The SMILES string of the molecule is COC(=O)c1c(-c2cc(OC)c(C)c(OC)c2)c2cc(OC)c(OCc3ccncc3)cc2c(=O)n1-c1ccc(N)cc1.Cl.Cl. The molecule has 12 heteroatoms. The lowest BCUT2D eigenvalue weighted by Gasteiger charge is -2.21. The van der Waals surface area contributed by atoms with Gasteiger partial charge >= 0.3 is 5.97 Å². The van der Waals surface area contributed by atoms with Gasteiger partial charge in [-0.15, -0.1) is 24.8 Å². The number of benzene rings is 3. The maximum Gasteiger partial charge on any atom is 0.355 e. The fourth-order valence-electron chi connectivity index (χ4n) is 5.00. The molecule has 0 aliphatic carbocycles. The van der Waals surface area contributed by atoms with Crippen LogP contribution in [0.15, 0.2) is 77.9 Å². The second-order valence-electron chi connectivity index (χ2n) is 9.65. The molecule has 0 unspecified atom stereocenters. The molecule has 0 saturated heterocycles. The fraction of sp³-hybridized carbons (Fsp3) is 0.182. The molecule has 0 radical (unpaired) electrons. The Bertz CT molecular complexity index is 1850. The molecule has 10 nitrogen and oxygen atoms in total. The van der Waals surface area contributed by atoms with Crippen LogP contribution in [0.4, 0.5) is 5.69 Å². The molecule has 0 amide bonds. The number of carbonyl (C=O) groups is 1. The van der Waals surface area contributed by atoms with Crippen LogP contribution in [0.1, 0.15) is 21.6 Å². The quantitative estimate of drug-likeness (QED) is 0.147. The average Bonchev–Trinajstić information content (AvgIpc) is 3.04. The number of nitrogen functional groups attached to an aromatic ring is 1. The van der Waals surface area contributed by atoms with Crippen LogP contribution in [0.2, 0.25) is 0 Å². The Kier molecular flexibility index (Phi) is 11.3. The fourth-order valence-corrected chi connectivity index (χ4v) is 5.00. The minimum Gasteiger partial charge on any atom is -0.496 e. The Morgan fingerprint density at radius 2 is 1.38 bits per heavy atom. The van der Waals surface area contributed by atoms with Gasteiger partial charge in [-0.25, -0.2) is 4.79 Å².